The molecule has 0 aliphatic heterocycles. The van der Waals surface area contributed by atoms with E-state index in [0.29, 0.717) is 6.54 Å². The Morgan fingerprint density at radius 2 is 1.68 bits per heavy atom. The predicted molar refractivity (Wildman–Crippen MR) is 77.6 cm³/mol. The number of carbonyl (C=O) groups is 1. The molecule has 0 aromatic heterocycles. The van der Waals surface area contributed by atoms with Gasteiger partial charge in [-0.2, -0.15) is 0 Å². The van der Waals surface area contributed by atoms with E-state index < -0.39 is 6.09 Å². The first-order chi connectivity index (χ1) is 9.24. The quantitative estimate of drug-likeness (QED) is 0.928. The van der Waals surface area contributed by atoms with Crippen molar-refractivity contribution in [2.45, 2.75) is 13.2 Å². The Kier molecular flexibility index (Phi) is 4.98. The second-order valence-corrected chi connectivity index (χ2v) is 4.96. The Morgan fingerprint density at radius 1 is 1.00 bits per heavy atom. The molecule has 0 unspecified atom stereocenters. The van der Waals surface area contributed by atoms with Crippen LogP contribution < -0.4 is 5.32 Å². The summed E-state index contributed by atoms with van der Waals surface area (Å²) in [5.41, 5.74) is 2.00. The number of hydrogen-bond donors (Lipinski definition) is 1. The topological polar surface area (TPSA) is 38.3 Å². The van der Waals surface area contributed by atoms with E-state index in [9.17, 15) is 4.79 Å². The van der Waals surface area contributed by atoms with Crippen LogP contribution in [0, 0.1) is 0 Å². The molecule has 0 aliphatic carbocycles. The summed E-state index contributed by atoms with van der Waals surface area (Å²) >= 11 is 3.36. The third-order valence-electron chi connectivity index (χ3n) is 2.56. The molecule has 0 atom stereocenters. The maximum atomic E-state index is 11.5. The second kappa shape index (κ2) is 6.95. The van der Waals surface area contributed by atoms with Crippen LogP contribution in [0.3, 0.4) is 0 Å². The third-order valence-corrected chi connectivity index (χ3v) is 3.09. The summed E-state index contributed by atoms with van der Waals surface area (Å²) < 4.78 is 6.13. The first kappa shape index (κ1) is 13.6. The summed E-state index contributed by atoms with van der Waals surface area (Å²) in [7, 11) is 0. The summed E-state index contributed by atoms with van der Waals surface area (Å²) in [6.07, 6.45) is -0.410. The molecular weight excluding hydrogens is 306 g/mol. The third kappa shape index (κ3) is 4.75. The number of ether oxygens (including phenoxy) is 1. The molecule has 3 nitrogen and oxygen atoms in total. The first-order valence-corrected chi connectivity index (χ1v) is 6.72. The smallest absolute Gasteiger partial charge is 0.407 e. The minimum absolute atomic E-state index is 0.272. The van der Waals surface area contributed by atoms with E-state index in [1.807, 2.05) is 54.6 Å². The Hall–Kier alpha value is -1.81. The fraction of sp³-hybridized carbons (Fsp3) is 0.133. The minimum Gasteiger partial charge on any atom is -0.445 e. The van der Waals surface area contributed by atoms with Gasteiger partial charge in [0.15, 0.2) is 0 Å². The van der Waals surface area contributed by atoms with Crippen molar-refractivity contribution in [2.75, 3.05) is 0 Å². The summed E-state index contributed by atoms with van der Waals surface area (Å²) in [6.45, 7) is 0.744. The van der Waals surface area contributed by atoms with Gasteiger partial charge in [-0.1, -0.05) is 58.4 Å². The molecule has 0 saturated carbocycles. The molecule has 1 amide bonds. The van der Waals surface area contributed by atoms with Crippen LogP contribution in [0.5, 0.6) is 0 Å². The van der Waals surface area contributed by atoms with Gasteiger partial charge in [-0.15, -0.1) is 0 Å². The average Bonchev–Trinajstić information content (AvgIpc) is 2.45. The molecule has 1 N–H and O–H groups in total. The van der Waals surface area contributed by atoms with Gasteiger partial charge in [0.1, 0.15) is 6.61 Å². The zero-order valence-corrected chi connectivity index (χ0v) is 11.9. The van der Waals surface area contributed by atoms with Crippen LogP contribution in [0.2, 0.25) is 0 Å². The van der Waals surface area contributed by atoms with Crippen molar-refractivity contribution in [3.8, 4) is 0 Å². The molecule has 4 heteroatoms. The summed E-state index contributed by atoms with van der Waals surface area (Å²) in [5, 5.41) is 2.71. The minimum atomic E-state index is -0.410. The number of nitrogens with one attached hydrogen (secondary N) is 1. The van der Waals surface area contributed by atoms with Crippen molar-refractivity contribution in [3.63, 3.8) is 0 Å². The molecule has 2 rings (SSSR count). The zero-order valence-electron chi connectivity index (χ0n) is 10.3. The van der Waals surface area contributed by atoms with E-state index in [1.54, 1.807) is 0 Å². The van der Waals surface area contributed by atoms with Gasteiger partial charge in [0.05, 0.1) is 0 Å². The van der Waals surface area contributed by atoms with Crippen LogP contribution in [0.25, 0.3) is 0 Å². The van der Waals surface area contributed by atoms with E-state index in [0.717, 1.165) is 15.6 Å². The van der Waals surface area contributed by atoms with Gasteiger partial charge in [-0.25, -0.2) is 4.79 Å². The zero-order chi connectivity index (χ0) is 13.5. The lowest BCUT2D eigenvalue weighted by Gasteiger charge is -2.07. The van der Waals surface area contributed by atoms with Crippen molar-refractivity contribution >= 4 is 22.0 Å². The molecule has 0 bridgehead atoms. The fourth-order valence-corrected chi connectivity index (χ4v) is 1.81. The van der Waals surface area contributed by atoms with Crippen molar-refractivity contribution in [1.82, 2.24) is 5.32 Å². The molecule has 19 heavy (non-hydrogen) atoms. The van der Waals surface area contributed by atoms with Gasteiger partial charge in [0.2, 0.25) is 0 Å². The summed E-state index contributed by atoms with van der Waals surface area (Å²) in [5.74, 6) is 0. The van der Waals surface area contributed by atoms with Crippen LogP contribution >= 0.6 is 15.9 Å². The van der Waals surface area contributed by atoms with Gasteiger partial charge in [0.25, 0.3) is 0 Å². The highest BCUT2D eigenvalue weighted by molar-refractivity contribution is 9.10. The standard InChI is InChI=1S/C15H14BrNO2/c16-14-8-6-13(7-9-14)11-19-15(18)17-10-12-4-2-1-3-5-12/h1-9H,10-11H2,(H,17,18). The Morgan fingerprint density at radius 3 is 2.37 bits per heavy atom. The van der Waals surface area contributed by atoms with Crippen LogP contribution in [0.1, 0.15) is 11.1 Å². The largest absolute Gasteiger partial charge is 0.445 e. The molecule has 2 aromatic rings. The van der Waals surface area contributed by atoms with Crippen LogP contribution in [0.15, 0.2) is 59.1 Å². The Labute approximate surface area is 120 Å². The summed E-state index contributed by atoms with van der Waals surface area (Å²) in [4.78, 5) is 11.5. The highest BCUT2D eigenvalue weighted by atomic mass is 79.9. The molecule has 0 radical (unpaired) electrons. The molecule has 0 spiro atoms. The SMILES string of the molecule is O=C(NCc1ccccc1)OCc1ccc(Br)cc1. The number of amides is 1. The normalized spacial score (nSPS) is 9.95. The molecule has 0 fully saturated rings. The van der Waals surface area contributed by atoms with E-state index in [-0.39, 0.29) is 6.61 Å². The average molecular weight is 320 g/mol. The van der Waals surface area contributed by atoms with E-state index in [2.05, 4.69) is 21.2 Å². The lowest BCUT2D eigenvalue weighted by Crippen LogP contribution is -2.23. The highest BCUT2D eigenvalue weighted by Gasteiger charge is 2.02. The number of hydrogen-bond acceptors (Lipinski definition) is 2. The number of alkyl carbamates (subject to hydrolysis) is 1. The number of rotatable bonds is 4. The number of benzene rings is 2. The molecule has 0 aliphatic rings. The maximum absolute atomic E-state index is 11.5. The van der Waals surface area contributed by atoms with Gasteiger partial charge in [-0.3, -0.25) is 0 Å². The molecule has 0 heterocycles. The maximum Gasteiger partial charge on any atom is 0.407 e. The van der Waals surface area contributed by atoms with Gasteiger partial charge < -0.3 is 10.1 Å². The van der Waals surface area contributed by atoms with E-state index in [1.165, 1.54) is 0 Å². The summed E-state index contributed by atoms with van der Waals surface area (Å²) in [6, 6.07) is 17.4. The van der Waals surface area contributed by atoms with Crippen molar-refractivity contribution < 1.29 is 9.53 Å². The highest BCUT2D eigenvalue weighted by Crippen LogP contribution is 2.11. The van der Waals surface area contributed by atoms with Gasteiger partial charge in [0, 0.05) is 11.0 Å². The predicted octanol–water partition coefficient (Wildman–Crippen LogP) is 3.88. The van der Waals surface area contributed by atoms with Gasteiger partial charge >= 0.3 is 6.09 Å². The van der Waals surface area contributed by atoms with E-state index in [4.69, 9.17) is 4.74 Å². The fourth-order valence-electron chi connectivity index (χ4n) is 1.55. The second-order valence-electron chi connectivity index (χ2n) is 4.04. The van der Waals surface area contributed by atoms with Crippen molar-refractivity contribution in [3.05, 3.63) is 70.2 Å². The lowest BCUT2D eigenvalue weighted by molar-refractivity contribution is 0.139. The Bertz CT molecular complexity index is 526. The Balaban J connectivity index is 1.74. The molecule has 98 valence electrons. The molecule has 2 aromatic carbocycles. The van der Waals surface area contributed by atoms with Crippen LogP contribution in [-0.2, 0) is 17.9 Å². The molecular formula is C15H14BrNO2. The first-order valence-electron chi connectivity index (χ1n) is 5.93. The van der Waals surface area contributed by atoms with Crippen LogP contribution in [-0.4, -0.2) is 6.09 Å². The van der Waals surface area contributed by atoms with Gasteiger partial charge in [-0.05, 0) is 23.3 Å². The van der Waals surface area contributed by atoms with Crippen molar-refractivity contribution in [2.24, 2.45) is 0 Å². The molecule has 0 saturated heterocycles. The monoisotopic (exact) mass is 319 g/mol. The number of carbonyl (C=O) groups excluding carboxylic acids is 1. The lowest BCUT2D eigenvalue weighted by atomic mass is 10.2. The van der Waals surface area contributed by atoms with Crippen LogP contribution in [0.4, 0.5) is 4.79 Å². The number of halogens is 1. The van der Waals surface area contributed by atoms with E-state index >= 15 is 0 Å². The van der Waals surface area contributed by atoms with Crippen molar-refractivity contribution in [1.29, 1.82) is 0 Å².